The molecule has 21 heavy (non-hydrogen) atoms. The third-order valence-electron chi connectivity index (χ3n) is 3.75. The molecule has 0 bridgehead atoms. The van der Waals surface area contributed by atoms with Crippen LogP contribution in [-0.2, 0) is 0 Å². The number of aromatic carboxylic acids is 1. The zero-order valence-electron chi connectivity index (χ0n) is 13.3. The second kappa shape index (κ2) is 7.50. The number of benzene rings is 1. The molecular formula is C16H23NO3S. The molecule has 1 N–H and O–H groups in total. The fraction of sp³-hybridized carbons (Fsp3) is 0.500. The van der Waals surface area contributed by atoms with Gasteiger partial charge >= 0.3 is 5.97 Å². The molecule has 1 amide bonds. The summed E-state index contributed by atoms with van der Waals surface area (Å²) in [5, 5.41) is 9.43. The monoisotopic (exact) mass is 309 g/mol. The molecule has 0 aliphatic heterocycles. The summed E-state index contributed by atoms with van der Waals surface area (Å²) in [7, 11) is 1.75. The molecule has 4 nitrogen and oxygen atoms in total. The molecule has 1 atom stereocenters. The van der Waals surface area contributed by atoms with Crippen LogP contribution in [0.4, 0.5) is 0 Å². The van der Waals surface area contributed by atoms with Gasteiger partial charge in [-0.15, -0.1) is 0 Å². The van der Waals surface area contributed by atoms with E-state index in [2.05, 4.69) is 0 Å². The number of nitrogens with zero attached hydrogens (tertiary/aromatic N) is 1. The summed E-state index contributed by atoms with van der Waals surface area (Å²) < 4.78 is 0. The van der Waals surface area contributed by atoms with E-state index in [9.17, 15) is 14.7 Å². The van der Waals surface area contributed by atoms with Gasteiger partial charge in [0.2, 0.25) is 0 Å². The molecule has 1 aromatic rings. The van der Waals surface area contributed by atoms with Crippen LogP contribution in [0.15, 0.2) is 12.1 Å². The summed E-state index contributed by atoms with van der Waals surface area (Å²) >= 11 is 1.68. The highest BCUT2D eigenvalue weighted by Crippen LogP contribution is 2.22. The van der Waals surface area contributed by atoms with Crippen LogP contribution in [0.25, 0.3) is 0 Å². The predicted molar refractivity (Wildman–Crippen MR) is 87.4 cm³/mol. The number of hydrogen-bond acceptors (Lipinski definition) is 3. The lowest BCUT2D eigenvalue weighted by atomic mass is 9.96. The lowest BCUT2D eigenvalue weighted by Gasteiger charge is -2.28. The van der Waals surface area contributed by atoms with Crippen molar-refractivity contribution >= 4 is 23.6 Å². The lowest BCUT2D eigenvalue weighted by molar-refractivity contribution is 0.0670. The topological polar surface area (TPSA) is 57.6 Å². The maximum absolute atomic E-state index is 12.8. The van der Waals surface area contributed by atoms with E-state index >= 15 is 0 Å². The molecule has 0 saturated heterocycles. The SMILES string of the molecule is CCC(CSC)N(C)C(=O)c1c(C)ccc(C)c1C(=O)O. The Hall–Kier alpha value is -1.49. The molecule has 0 aliphatic carbocycles. The number of aryl methyl sites for hydroxylation is 2. The first-order chi connectivity index (χ1) is 9.84. The Kier molecular flexibility index (Phi) is 6.27. The first-order valence-corrected chi connectivity index (χ1v) is 8.34. The predicted octanol–water partition coefficient (Wildman–Crippen LogP) is 3.22. The third-order valence-corrected chi connectivity index (χ3v) is 4.47. The molecule has 1 aromatic carbocycles. The number of carboxylic acid groups (broad SMARTS) is 1. The van der Waals surface area contributed by atoms with Gasteiger partial charge in [-0.3, -0.25) is 4.79 Å². The molecular weight excluding hydrogens is 286 g/mol. The fourth-order valence-electron chi connectivity index (χ4n) is 2.40. The smallest absolute Gasteiger partial charge is 0.336 e. The highest BCUT2D eigenvalue weighted by molar-refractivity contribution is 7.98. The molecule has 0 aliphatic rings. The van der Waals surface area contributed by atoms with E-state index in [1.165, 1.54) is 0 Å². The summed E-state index contributed by atoms with van der Waals surface area (Å²) in [6.45, 7) is 5.53. The lowest BCUT2D eigenvalue weighted by Crippen LogP contribution is -2.39. The van der Waals surface area contributed by atoms with Gasteiger partial charge in [-0.2, -0.15) is 11.8 Å². The molecule has 5 heteroatoms. The highest BCUT2D eigenvalue weighted by atomic mass is 32.2. The standard InChI is InChI=1S/C16H23NO3S/c1-6-12(9-21-5)17(4)15(18)13-10(2)7-8-11(3)14(13)16(19)20/h7-8,12H,6,9H2,1-5H3,(H,19,20). The van der Waals surface area contributed by atoms with Gasteiger partial charge < -0.3 is 10.0 Å². The molecule has 0 fully saturated rings. The normalized spacial score (nSPS) is 12.0. The number of carboxylic acids is 1. The van der Waals surface area contributed by atoms with Crippen LogP contribution < -0.4 is 0 Å². The zero-order chi connectivity index (χ0) is 16.2. The van der Waals surface area contributed by atoms with Crippen molar-refractivity contribution in [3.05, 3.63) is 34.4 Å². The van der Waals surface area contributed by atoms with E-state index in [1.54, 1.807) is 49.7 Å². The van der Waals surface area contributed by atoms with Crippen molar-refractivity contribution in [3.8, 4) is 0 Å². The molecule has 0 heterocycles. The number of rotatable bonds is 6. The van der Waals surface area contributed by atoms with Gasteiger partial charge in [0.25, 0.3) is 5.91 Å². The number of carbonyl (C=O) groups is 2. The molecule has 0 aromatic heterocycles. The van der Waals surface area contributed by atoms with Crippen LogP contribution in [-0.4, -0.2) is 47.0 Å². The first-order valence-electron chi connectivity index (χ1n) is 6.94. The number of amides is 1. The van der Waals surface area contributed by atoms with Crippen molar-refractivity contribution in [2.75, 3.05) is 19.1 Å². The Morgan fingerprint density at radius 1 is 1.24 bits per heavy atom. The molecule has 0 spiro atoms. The van der Waals surface area contributed by atoms with E-state index in [-0.39, 0.29) is 17.5 Å². The van der Waals surface area contributed by atoms with Gasteiger partial charge in [-0.25, -0.2) is 4.79 Å². The van der Waals surface area contributed by atoms with Crippen LogP contribution in [0.1, 0.15) is 45.2 Å². The maximum Gasteiger partial charge on any atom is 0.336 e. The Morgan fingerprint density at radius 3 is 2.19 bits per heavy atom. The fourth-order valence-corrected chi connectivity index (χ4v) is 3.24. The van der Waals surface area contributed by atoms with Gasteiger partial charge in [0, 0.05) is 18.8 Å². The summed E-state index contributed by atoms with van der Waals surface area (Å²) in [5.41, 5.74) is 1.74. The average Bonchev–Trinajstić information content (AvgIpc) is 2.44. The van der Waals surface area contributed by atoms with E-state index in [0.717, 1.165) is 12.2 Å². The first kappa shape index (κ1) is 17.6. The van der Waals surface area contributed by atoms with Crippen molar-refractivity contribution in [1.82, 2.24) is 4.90 Å². The maximum atomic E-state index is 12.8. The van der Waals surface area contributed by atoms with Crippen LogP contribution >= 0.6 is 11.8 Å². The summed E-state index contributed by atoms with van der Waals surface area (Å²) in [6, 6.07) is 3.65. The largest absolute Gasteiger partial charge is 0.478 e. The van der Waals surface area contributed by atoms with E-state index in [0.29, 0.717) is 16.7 Å². The van der Waals surface area contributed by atoms with E-state index in [4.69, 9.17) is 0 Å². The molecule has 1 rings (SSSR count). The summed E-state index contributed by atoms with van der Waals surface area (Å²) in [5.74, 6) is -0.424. The van der Waals surface area contributed by atoms with Crippen molar-refractivity contribution in [3.63, 3.8) is 0 Å². The third kappa shape index (κ3) is 3.79. The Bertz CT molecular complexity index is 543. The molecule has 0 saturated carbocycles. The molecule has 0 radical (unpaired) electrons. The van der Waals surface area contributed by atoms with Gasteiger partial charge in [0.05, 0.1) is 11.1 Å². The van der Waals surface area contributed by atoms with Crippen LogP contribution in [0.2, 0.25) is 0 Å². The van der Waals surface area contributed by atoms with Gasteiger partial charge in [0.15, 0.2) is 0 Å². The Morgan fingerprint density at radius 2 is 1.76 bits per heavy atom. The summed E-state index contributed by atoms with van der Waals surface area (Å²) in [6.07, 6.45) is 2.85. The summed E-state index contributed by atoms with van der Waals surface area (Å²) in [4.78, 5) is 26.0. The van der Waals surface area contributed by atoms with Crippen LogP contribution in [0, 0.1) is 13.8 Å². The van der Waals surface area contributed by atoms with Crippen molar-refractivity contribution < 1.29 is 14.7 Å². The Balaban J connectivity index is 3.29. The molecule has 1 unspecified atom stereocenters. The minimum absolute atomic E-state index is 0.106. The van der Waals surface area contributed by atoms with E-state index in [1.807, 2.05) is 13.2 Å². The zero-order valence-corrected chi connectivity index (χ0v) is 14.1. The second-order valence-corrected chi connectivity index (χ2v) is 6.10. The van der Waals surface area contributed by atoms with Crippen molar-refractivity contribution in [1.29, 1.82) is 0 Å². The van der Waals surface area contributed by atoms with Gasteiger partial charge in [-0.1, -0.05) is 19.1 Å². The number of carbonyl (C=O) groups excluding carboxylic acids is 1. The minimum atomic E-state index is -1.05. The van der Waals surface area contributed by atoms with Crippen LogP contribution in [0.5, 0.6) is 0 Å². The van der Waals surface area contributed by atoms with Crippen molar-refractivity contribution in [2.45, 2.75) is 33.2 Å². The van der Waals surface area contributed by atoms with Gasteiger partial charge in [0.1, 0.15) is 0 Å². The van der Waals surface area contributed by atoms with Crippen molar-refractivity contribution in [2.24, 2.45) is 0 Å². The Labute approximate surface area is 130 Å². The van der Waals surface area contributed by atoms with Gasteiger partial charge in [-0.05, 0) is 37.7 Å². The van der Waals surface area contributed by atoms with E-state index < -0.39 is 5.97 Å². The average molecular weight is 309 g/mol. The minimum Gasteiger partial charge on any atom is -0.478 e. The second-order valence-electron chi connectivity index (χ2n) is 5.19. The number of thioether (sulfide) groups is 1. The molecule has 116 valence electrons. The highest BCUT2D eigenvalue weighted by Gasteiger charge is 2.26. The quantitative estimate of drug-likeness (QED) is 0.876. The van der Waals surface area contributed by atoms with Crippen LogP contribution in [0.3, 0.4) is 0 Å². The number of hydrogen-bond donors (Lipinski definition) is 1.